The topological polar surface area (TPSA) is 3.24 Å². The van der Waals surface area contributed by atoms with Gasteiger partial charge in [0.15, 0.2) is 0 Å². The van der Waals surface area contributed by atoms with Crippen molar-refractivity contribution in [1.29, 1.82) is 0 Å². The summed E-state index contributed by atoms with van der Waals surface area (Å²) in [6, 6.07) is 15.2. The first-order chi connectivity index (χ1) is 8.63. The van der Waals surface area contributed by atoms with Gasteiger partial charge in [-0.3, -0.25) is 4.90 Å². The molecule has 3 heteroatoms. The Hall–Kier alpha value is -0.940. The van der Waals surface area contributed by atoms with E-state index < -0.39 is 0 Å². The molecule has 1 nitrogen and oxygen atoms in total. The first-order valence-corrected chi connectivity index (χ1v) is 6.89. The van der Waals surface area contributed by atoms with E-state index >= 15 is 0 Å². The summed E-state index contributed by atoms with van der Waals surface area (Å²) in [6.45, 7) is 1.72. The molecular formula is C15H15FIN. The summed E-state index contributed by atoms with van der Waals surface area (Å²) in [5, 5.41) is 0. The highest BCUT2D eigenvalue weighted by Crippen LogP contribution is 2.11. The fourth-order valence-corrected chi connectivity index (χ4v) is 2.22. The highest BCUT2D eigenvalue weighted by Gasteiger charge is 2.02. The monoisotopic (exact) mass is 355 g/mol. The predicted octanol–water partition coefficient (Wildman–Crippen LogP) is 4.06. The summed E-state index contributed by atoms with van der Waals surface area (Å²) in [6.07, 6.45) is 0. The largest absolute Gasteiger partial charge is 0.298 e. The van der Waals surface area contributed by atoms with Crippen LogP contribution >= 0.6 is 22.6 Å². The molecule has 0 aliphatic carbocycles. The lowest BCUT2D eigenvalue weighted by Crippen LogP contribution is -2.17. The quantitative estimate of drug-likeness (QED) is 0.748. The maximum absolute atomic E-state index is 12.8. The number of nitrogens with zero attached hydrogens (tertiary/aromatic N) is 1. The highest BCUT2D eigenvalue weighted by atomic mass is 127. The fraction of sp³-hybridized carbons (Fsp3) is 0.200. The Morgan fingerprint density at radius 1 is 0.889 bits per heavy atom. The molecule has 0 fully saturated rings. The number of hydrogen-bond donors (Lipinski definition) is 0. The van der Waals surface area contributed by atoms with E-state index in [1.54, 1.807) is 0 Å². The van der Waals surface area contributed by atoms with Crippen molar-refractivity contribution in [2.45, 2.75) is 13.1 Å². The normalized spacial score (nSPS) is 10.9. The van der Waals surface area contributed by atoms with Gasteiger partial charge in [0.05, 0.1) is 0 Å². The van der Waals surface area contributed by atoms with Crippen LogP contribution in [0.1, 0.15) is 11.1 Å². The second kappa shape index (κ2) is 6.29. The van der Waals surface area contributed by atoms with E-state index in [2.05, 4.69) is 58.8 Å². The van der Waals surface area contributed by atoms with Crippen LogP contribution in [0.5, 0.6) is 0 Å². The number of benzene rings is 2. The van der Waals surface area contributed by atoms with Gasteiger partial charge in [0.1, 0.15) is 5.82 Å². The van der Waals surface area contributed by atoms with Crippen LogP contribution in [-0.2, 0) is 13.1 Å². The summed E-state index contributed by atoms with van der Waals surface area (Å²) < 4.78 is 14.0. The van der Waals surface area contributed by atoms with Crippen LogP contribution in [0, 0.1) is 9.39 Å². The number of rotatable bonds is 4. The van der Waals surface area contributed by atoms with E-state index in [1.165, 1.54) is 21.3 Å². The summed E-state index contributed by atoms with van der Waals surface area (Å²) in [5.74, 6) is -0.181. The molecule has 2 aromatic carbocycles. The molecule has 2 rings (SSSR count). The molecule has 0 spiro atoms. The van der Waals surface area contributed by atoms with Gasteiger partial charge in [-0.1, -0.05) is 24.3 Å². The zero-order chi connectivity index (χ0) is 13.0. The number of hydrogen-bond acceptors (Lipinski definition) is 1. The predicted molar refractivity (Wildman–Crippen MR) is 80.7 cm³/mol. The van der Waals surface area contributed by atoms with Crippen molar-refractivity contribution < 1.29 is 4.39 Å². The molecule has 0 aliphatic heterocycles. The lowest BCUT2D eigenvalue weighted by Gasteiger charge is -2.16. The van der Waals surface area contributed by atoms with Gasteiger partial charge >= 0.3 is 0 Å². The molecule has 0 amide bonds. The van der Waals surface area contributed by atoms with Crippen LogP contribution < -0.4 is 0 Å². The lowest BCUT2D eigenvalue weighted by molar-refractivity contribution is 0.319. The van der Waals surface area contributed by atoms with Crippen LogP contribution in [0.4, 0.5) is 4.39 Å². The second-order valence-corrected chi connectivity index (χ2v) is 5.67. The van der Waals surface area contributed by atoms with Crippen LogP contribution in [0.3, 0.4) is 0 Å². The van der Waals surface area contributed by atoms with Gasteiger partial charge in [-0.15, -0.1) is 0 Å². The van der Waals surface area contributed by atoms with Gasteiger partial charge in [-0.05, 0) is 65.0 Å². The Labute approximate surface area is 121 Å². The molecule has 0 N–H and O–H groups in total. The van der Waals surface area contributed by atoms with E-state index in [1.807, 2.05) is 12.1 Å². The van der Waals surface area contributed by atoms with Gasteiger partial charge in [-0.2, -0.15) is 0 Å². The summed E-state index contributed by atoms with van der Waals surface area (Å²) in [7, 11) is 2.07. The Balaban J connectivity index is 1.94. The molecule has 0 unspecified atom stereocenters. The third-order valence-corrected chi connectivity index (χ3v) is 3.45. The molecule has 0 bridgehead atoms. The Bertz CT molecular complexity index is 445. The van der Waals surface area contributed by atoms with Gasteiger partial charge in [0, 0.05) is 16.7 Å². The van der Waals surface area contributed by atoms with E-state index in [0.29, 0.717) is 0 Å². The van der Waals surface area contributed by atoms with Crippen molar-refractivity contribution in [3.63, 3.8) is 0 Å². The maximum atomic E-state index is 12.8. The Kier molecular flexibility index (Phi) is 4.72. The van der Waals surface area contributed by atoms with E-state index in [4.69, 9.17) is 0 Å². The minimum Gasteiger partial charge on any atom is -0.298 e. The smallest absolute Gasteiger partial charge is 0.123 e. The standard InChI is InChI=1S/C15H15FIN/c1-18(10-12-2-6-14(16)7-3-12)11-13-4-8-15(17)9-5-13/h2-9H,10-11H2,1H3. The summed E-state index contributed by atoms with van der Waals surface area (Å²) in [5.41, 5.74) is 2.42. The van der Waals surface area contributed by atoms with E-state index in [0.717, 1.165) is 18.7 Å². The van der Waals surface area contributed by atoms with Gasteiger partial charge in [0.25, 0.3) is 0 Å². The van der Waals surface area contributed by atoms with Crippen molar-refractivity contribution in [1.82, 2.24) is 4.90 Å². The van der Waals surface area contributed by atoms with Crippen molar-refractivity contribution >= 4 is 22.6 Å². The van der Waals surface area contributed by atoms with E-state index in [-0.39, 0.29) is 5.82 Å². The molecule has 0 aromatic heterocycles. The van der Waals surface area contributed by atoms with Crippen LogP contribution in [-0.4, -0.2) is 11.9 Å². The molecule has 0 heterocycles. The third kappa shape index (κ3) is 4.07. The zero-order valence-corrected chi connectivity index (χ0v) is 12.4. The van der Waals surface area contributed by atoms with Gasteiger partial charge in [0.2, 0.25) is 0 Å². The van der Waals surface area contributed by atoms with Crippen molar-refractivity contribution in [3.8, 4) is 0 Å². The van der Waals surface area contributed by atoms with Crippen LogP contribution in [0.25, 0.3) is 0 Å². The minimum absolute atomic E-state index is 0.181. The van der Waals surface area contributed by atoms with Crippen LogP contribution in [0.15, 0.2) is 48.5 Å². The minimum atomic E-state index is -0.181. The van der Waals surface area contributed by atoms with Gasteiger partial charge in [-0.25, -0.2) is 4.39 Å². The molecule has 18 heavy (non-hydrogen) atoms. The second-order valence-electron chi connectivity index (χ2n) is 4.43. The molecule has 0 atom stereocenters. The Morgan fingerprint density at radius 3 is 1.83 bits per heavy atom. The summed E-state index contributed by atoms with van der Waals surface area (Å²) >= 11 is 2.30. The fourth-order valence-electron chi connectivity index (χ4n) is 1.86. The molecular weight excluding hydrogens is 340 g/mol. The zero-order valence-electron chi connectivity index (χ0n) is 10.2. The van der Waals surface area contributed by atoms with Gasteiger partial charge < -0.3 is 0 Å². The lowest BCUT2D eigenvalue weighted by atomic mass is 10.2. The van der Waals surface area contributed by atoms with Crippen molar-refractivity contribution in [3.05, 3.63) is 69.0 Å². The molecule has 0 aliphatic rings. The third-order valence-electron chi connectivity index (χ3n) is 2.73. The SMILES string of the molecule is CN(Cc1ccc(F)cc1)Cc1ccc(I)cc1. The van der Waals surface area contributed by atoms with Crippen LogP contribution in [0.2, 0.25) is 0 Å². The highest BCUT2D eigenvalue weighted by molar-refractivity contribution is 14.1. The van der Waals surface area contributed by atoms with Crippen molar-refractivity contribution in [2.75, 3.05) is 7.05 Å². The molecule has 0 saturated heterocycles. The van der Waals surface area contributed by atoms with E-state index in [9.17, 15) is 4.39 Å². The average molecular weight is 355 g/mol. The molecule has 0 saturated carbocycles. The molecule has 0 radical (unpaired) electrons. The van der Waals surface area contributed by atoms with Crippen molar-refractivity contribution in [2.24, 2.45) is 0 Å². The molecule has 2 aromatic rings. The Morgan fingerprint density at radius 2 is 1.33 bits per heavy atom. The average Bonchev–Trinajstić information content (AvgIpc) is 2.35. The number of halogens is 2. The molecule has 94 valence electrons. The summed E-state index contributed by atoms with van der Waals surface area (Å²) in [4.78, 5) is 2.22. The maximum Gasteiger partial charge on any atom is 0.123 e. The first kappa shape index (κ1) is 13.5. The first-order valence-electron chi connectivity index (χ1n) is 5.81.